The molecule has 27 heavy (non-hydrogen) atoms. The van der Waals surface area contributed by atoms with Gasteiger partial charge in [0.1, 0.15) is 0 Å². The number of amides is 1. The average Bonchev–Trinajstić information content (AvgIpc) is 2.69. The van der Waals surface area contributed by atoms with Crippen LogP contribution in [-0.2, 0) is 22.6 Å². The molecule has 1 amide bonds. The van der Waals surface area contributed by atoms with E-state index in [0.29, 0.717) is 13.1 Å². The number of hydrogen-bond acceptors (Lipinski definition) is 3. The van der Waals surface area contributed by atoms with Crippen LogP contribution in [0.1, 0.15) is 29.5 Å². The number of piperazine rings is 1. The third kappa shape index (κ3) is 5.66. The van der Waals surface area contributed by atoms with E-state index in [0.717, 1.165) is 26.1 Å². The lowest BCUT2D eigenvalue weighted by atomic mass is 9.99. The highest BCUT2D eigenvalue weighted by Crippen LogP contribution is 2.17. The molecule has 0 spiro atoms. The van der Waals surface area contributed by atoms with Gasteiger partial charge in [-0.25, -0.2) is 0 Å². The Kier molecular flexibility index (Phi) is 6.60. The molecular weight excluding hydrogens is 340 g/mol. The van der Waals surface area contributed by atoms with Crippen molar-refractivity contribution in [3.63, 3.8) is 0 Å². The quantitative estimate of drug-likeness (QED) is 0.819. The van der Waals surface area contributed by atoms with Gasteiger partial charge >= 0.3 is 5.97 Å². The highest BCUT2D eigenvalue weighted by Gasteiger charge is 2.21. The topological polar surface area (TPSA) is 60.9 Å². The summed E-state index contributed by atoms with van der Waals surface area (Å²) in [6.07, 6.45) is 0.922. The molecule has 0 bridgehead atoms. The number of carboxylic acid groups (broad SMARTS) is 1. The maximum Gasteiger partial charge on any atom is 0.303 e. The molecule has 1 aliphatic heterocycles. The van der Waals surface area contributed by atoms with Crippen molar-refractivity contribution in [2.45, 2.75) is 25.8 Å². The number of aliphatic carboxylic acids is 1. The lowest BCUT2D eigenvalue weighted by Gasteiger charge is -2.35. The highest BCUT2D eigenvalue weighted by atomic mass is 16.4. The van der Waals surface area contributed by atoms with Gasteiger partial charge in [0.15, 0.2) is 0 Å². The average molecular weight is 366 g/mol. The minimum absolute atomic E-state index is 0.0541. The molecule has 0 unspecified atom stereocenters. The van der Waals surface area contributed by atoms with Crippen molar-refractivity contribution in [2.75, 3.05) is 26.2 Å². The summed E-state index contributed by atoms with van der Waals surface area (Å²) >= 11 is 0. The molecule has 142 valence electrons. The molecule has 5 heteroatoms. The summed E-state index contributed by atoms with van der Waals surface area (Å²) in [5.41, 5.74) is 3.97. The van der Waals surface area contributed by atoms with Crippen LogP contribution in [0.4, 0.5) is 0 Å². The molecule has 0 aromatic heterocycles. The van der Waals surface area contributed by atoms with E-state index < -0.39 is 5.97 Å². The van der Waals surface area contributed by atoms with Crippen LogP contribution in [0.15, 0.2) is 54.6 Å². The van der Waals surface area contributed by atoms with E-state index in [1.165, 1.54) is 16.7 Å². The number of benzene rings is 2. The normalized spacial score (nSPS) is 14.9. The van der Waals surface area contributed by atoms with Crippen LogP contribution in [0.3, 0.4) is 0 Å². The van der Waals surface area contributed by atoms with Crippen LogP contribution in [0.5, 0.6) is 0 Å². The van der Waals surface area contributed by atoms with Crippen LogP contribution in [0.2, 0.25) is 0 Å². The van der Waals surface area contributed by atoms with E-state index in [9.17, 15) is 9.59 Å². The van der Waals surface area contributed by atoms with Gasteiger partial charge in [0.05, 0.1) is 6.42 Å². The first kappa shape index (κ1) is 19.1. The van der Waals surface area contributed by atoms with Crippen molar-refractivity contribution in [3.8, 4) is 0 Å². The Morgan fingerprint density at radius 3 is 2.11 bits per heavy atom. The Bertz CT molecular complexity index is 768. The van der Waals surface area contributed by atoms with Gasteiger partial charge in [-0.05, 0) is 23.1 Å². The van der Waals surface area contributed by atoms with Crippen molar-refractivity contribution in [3.05, 3.63) is 71.3 Å². The van der Waals surface area contributed by atoms with E-state index in [1.54, 1.807) is 4.90 Å². The molecule has 2 aromatic rings. The largest absolute Gasteiger partial charge is 0.481 e. The van der Waals surface area contributed by atoms with Gasteiger partial charge in [-0.3, -0.25) is 14.5 Å². The second kappa shape index (κ2) is 9.33. The molecule has 0 saturated carbocycles. The minimum atomic E-state index is -0.919. The van der Waals surface area contributed by atoms with E-state index in [-0.39, 0.29) is 18.7 Å². The Hall–Kier alpha value is -2.66. The summed E-state index contributed by atoms with van der Waals surface area (Å²) in [5, 5.41) is 8.72. The Labute approximate surface area is 160 Å². The van der Waals surface area contributed by atoms with Crippen LogP contribution >= 0.6 is 0 Å². The van der Waals surface area contributed by atoms with Crippen molar-refractivity contribution < 1.29 is 14.7 Å². The van der Waals surface area contributed by atoms with Crippen LogP contribution < -0.4 is 0 Å². The Morgan fingerprint density at radius 1 is 0.815 bits per heavy atom. The molecule has 1 saturated heterocycles. The zero-order valence-electron chi connectivity index (χ0n) is 15.5. The predicted octanol–water partition coefficient (Wildman–Crippen LogP) is 2.79. The molecule has 2 aromatic carbocycles. The predicted molar refractivity (Wildman–Crippen MR) is 104 cm³/mol. The SMILES string of the molecule is O=C(O)CCC(=O)N1CCN(Cc2ccccc2Cc2ccccc2)CC1. The fourth-order valence-electron chi connectivity index (χ4n) is 3.47. The second-order valence-corrected chi connectivity index (χ2v) is 6.98. The van der Waals surface area contributed by atoms with Gasteiger partial charge in [-0.15, -0.1) is 0 Å². The fourth-order valence-corrected chi connectivity index (χ4v) is 3.47. The zero-order chi connectivity index (χ0) is 19.1. The first-order chi connectivity index (χ1) is 13.1. The van der Waals surface area contributed by atoms with Crippen molar-refractivity contribution in [2.24, 2.45) is 0 Å². The van der Waals surface area contributed by atoms with Gasteiger partial charge in [0, 0.05) is 39.1 Å². The summed E-state index contributed by atoms with van der Waals surface area (Å²) in [6, 6.07) is 19.0. The fraction of sp³-hybridized carbons (Fsp3) is 0.364. The Morgan fingerprint density at radius 2 is 1.44 bits per heavy atom. The van der Waals surface area contributed by atoms with Crippen molar-refractivity contribution in [1.82, 2.24) is 9.80 Å². The van der Waals surface area contributed by atoms with E-state index >= 15 is 0 Å². The first-order valence-corrected chi connectivity index (χ1v) is 9.44. The zero-order valence-corrected chi connectivity index (χ0v) is 15.5. The Balaban J connectivity index is 1.55. The first-order valence-electron chi connectivity index (χ1n) is 9.44. The smallest absolute Gasteiger partial charge is 0.303 e. The van der Waals surface area contributed by atoms with Crippen LogP contribution in [0.25, 0.3) is 0 Å². The molecular formula is C22H26N2O3. The van der Waals surface area contributed by atoms with Crippen LogP contribution in [0, 0.1) is 0 Å². The molecule has 1 fully saturated rings. The summed E-state index contributed by atoms with van der Waals surface area (Å²) in [5.74, 6) is -0.974. The van der Waals surface area contributed by atoms with Gasteiger partial charge in [0.25, 0.3) is 0 Å². The molecule has 0 aliphatic carbocycles. The van der Waals surface area contributed by atoms with Gasteiger partial charge in [0.2, 0.25) is 5.91 Å². The third-order valence-corrected chi connectivity index (χ3v) is 5.03. The van der Waals surface area contributed by atoms with Gasteiger partial charge < -0.3 is 10.0 Å². The number of rotatable bonds is 7. The molecule has 3 rings (SSSR count). The van der Waals surface area contributed by atoms with E-state index in [4.69, 9.17) is 5.11 Å². The summed E-state index contributed by atoms with van der Waals surface area (Å²) in [7, 11) is 0. The standard InChI is InChI=1S/C22H26N2O3/c25-21(10-11-22(26)27)24-14-12-23(13-15-24)17-20-9-5-4-8-19(20)16-18-6-2-1-3-7-18/h1-9H,10-17H2,(H,26,27). The molecule has 5 nitrogen and oxygen atoms in total. The number of hydrogen-bond donors (Lipinski definition) is 1. The van der Waals surface area contributed by atoms with Crippen LogP contribution in [-0.4, -0.2) is 53.0 Å². The minimum Gasteiger partial charge on any atom is -0.481 e. The number of carbonyl (C=O) groups is 2. The summed E-state index contributed by atoms with van der Waals surface area (Å²) < 4.78 is 0. The lowest BCUT2D eigenvalue weighted by Crippen LogP contribution is -2.48. The maximum absolute atomic E-state index is 12.1. The van der Waals surface area contributed by atoms with E-state index in [1.807, 2.05) is 6.07 Å². The van der Waals surface area contributed by atoms with Crippen molar-refractivity contribution >= 4 is 11.9 Å². The van der Waals surface area contributed by atoms with Crippen molar-refractivity contribution in [1.29, 1.82) is 0 Å². The number of carbonyl (C=O) groups excluding carboxylic acids is 1. The molecule has 1 heterocycles. The van der Waals surface area contributed by atoms with Gasteiger partial charge in [-0.1, -0.05) is 54.6 Å². The molecule has 1 N–H and O–H groups in total. The second-order valence-electron chi connectivity index (χ2n) is 6.98. The number of nitrogens with zero attached hydrogens (tertiary/aromatic N) is 2. The molecule has 0 atom stereocenters. The number of carboxylic acids is 1. The summed E-state index contributed by atoms with van der Waals surface area (Å²) in [4.78, 5) is 26.8. The maximum atomic E-state index is 12.1. The third-order valence-electron chi connectivity index (χ3n) is 5.03. The molecule has 1 aliphatic rings. The highest BCUT2D eigenvalue weighted by molar-refractivity contribution is 5.80. The summed E-state index contributed by atoms with van der Waals surface area (Å²) in [6.45, 7) is 3.84. The lowest BCUT2D eigenvalue weighted by molar-refractivity contribution is -0.141. The monoisotopic (exact) mass is 366 g/mol. The molecule has 0 radical (unpaired) electrons. The van der Waals surface area contributed by atoms with E-state index in [2.05, 4.69) is 53.4 Å². The van der Waals surface area contributed by atoms with Gasteiger partial charge in [-0.2, -0.15) is 0 Å².